The molecule has 1 aliphatic rings. The summed E-state index contributed by atoms with van der Waals surface area (Å²) in [5, 5.41) is 9.13. The third-order valence-electron chi connectivity index (χ3n) is 3.07. The molecule has 0 saturated carbocycles. The van der Waals surface area contributed by atoms with E-state index in [1.165, 1.54) is 4.31 Å². The third kappa shape index (κ3) is 4.81. The highest BCUT2D eigenvalue weighted by Gasteiger charge is 2.29. The summed E-state index contributed by atoms with van der Waals surface area (Å²) >= 11 is 0. The lowest BCUT2D eigenvalue weighted by Gasteiger charge is -2.32. The molecule has 0 aromatic rings. The molecule has 2 unspecified atom stereocenters. The van der Waals surface area contributed by atoms with Crippen LogP contribution in [0.1, 0.15) is 19.8 Å². The van der Waals surface area contributed by atoms with E-state index in [9.17, 15) is 8.42 Å². The van der Waals surface area contributed by atoms with E-state index in [2.05, 4.69) is 4.72 Å². The van der Waals surface area contributed by atoms with Crippen molar-refractivity contribution in [3.8, 4) is 0 Å². The summed E-state index contributed by atoms with van der Waals surface area (Å²) in [6.07, 6.45) is 1.71. The molecule has 0 radical (unpaired) electrons. The van der Waals surface area contributed by atoms with E-state index in [0.29, 0.717) is 19.6 Å². The van der Waals surface area contributed by atoms with Crippen molar-refractivity contribution < 1.29 is 13.5 Å². The van der Waals surface area contributed by atoms with Crippen LogP contribution in [-0.4, -0.2) is 69.1 Å². The van der Waals surface area contributed by atoms with Gasteiger partial charge in [0.1, 0.15) is 0 Å². The lowest BCUT2D eigenvalue weighted by molar-refractivity contribution is 0.164. The number of piperidine rings is 1. The number of nitrogens with one attached hydrogen (secondary N) is 1. The predicted molar refractivity (Wildman–Crippen MR) is 71.5 cm³/mol. The molecule has 0 bridgehead atoms. The Morgan fingerprint density at radius 2 is 2.17 bits per heavy atom. The van der Waals surface area contributed by atoms with Crippen molar-refractivity contribution in [2.45, 2.75) is 25.8 Å². The predicted octanol–water partition coefficient (Wildman–Crippen LogP) is -0.525. The van der Waals surface area contributed by atoms with Crippen molar-refractivity contribution >= 4 is 10.2 Å². The highest BCUT2D eigenvalue weighted by atomic mass is 32.2. The van der Waals surface area contributed by atoms with Crippen molar-refractivity contribution in [3.63, 3.8) is 0 Å². The molecule has 18 heavy (non-hydrogen) atoms. The number of hydrogen-bond acceptors (Lipinski definition) is 4. The number of nitrogens with zero attached hydrogens (tertiary/aromatic N) is 2. The van der Waals surface area contributed by atoms with Gasteiger partial charge in [-0.15, -0.1) is 0 Å². The first kappa shape index (κ1) is 15.8. The largest absolute Gasteiger partial charge is 0.396 e. The maximum atomic E-state index is 12.2. The van der Waals surface area contributed by atoms with Gasteiger partial charge in [-0.05, 0) is 39.8 Å². The second-order valence-corrected chi connectivity index (χ2v) is 7.04. The van der Waals surface area contributed by atoms with Crippen molar-refractivity contribution in [2.24, 2.45) is 5.92 Å². The first-order valence-corrected chi connectivity index (χ1v) is 7.82. The van der Waals surface area contributed by atoms with E-state index in [4.69, 9.17) is 5.11 Å². The van der Waals surface area contributed by atoms with E-state index in [1.54, 1.807) is 0 Å². The van der Waals surface area contributed by atoms with Gasteiger partial charge in [0.2, 0.25) is 0 Å². The van der Waals surface area contributed by atoms with Crippen LogP contribution in [0, 0.1) is 5.92 Å². The molecular weight excluding hydrogens is 254 g/mol. The van der Waals surface area contributed by atoms with Crippen LogP contribution in [-0.2, 0) is 10.2 Å². The highest BCUT2D eigenvalue weighted by molar-refractivity contribution is 7.87. The molecule has 0 aromatic heterocycles. The zero-order valence-corrected chi connectivity index (χ0v) is 12.3. The molecule has 0 amide bonds. The van der Waals surface area contributed by atoms with Gasteiger partial charge in [-0.25, -0.2) is 0 Å². The molecule has 7 heteroatoms. The number of aliphatic hydroxyl groups is 1. The summed E-state index contributed by atoms with van der Waals surface area (Å²) in [6.45, 7) is 3.53. The van der Waals surface area contributed by atoms with Gasteiger partial charge < -0.3 is 10.0 Å². The number of hydrogen-bond donors (Lipinski definition) is 2. The minimum atomic E-state index is -3.43. The fourth-order valence-corrected chi connectivity index (χ4v) is 3.82. The first-order valence-electron chi connectivity index (χ1n) is 6.38. The third-order valence-corrected chi connectivity index (χ3v) is 4.78. The van der Waals surface area contributed by atoms with Crippen molar-refractivity contribution in [3.05, 3.63) is 0 Å². The van der Waals surface area contributed by atoms with Crippen molar-refractivity contribution in [2.75, 3.05) is 40.3 Å². The lowest BCUT2D eigenvalue weighted by Crippen LogP contribution is -2.50. The Morgan fingerprint density at radius 1 is 1.50 bits per heavy atom. The first-order chi connectivity index (χ1) is 8.35. The quantitative estimate of drug-likeness (QED) is 0.686. The van der Waals surface area contributed by atoms with Gasteiger partial charge in [0.25, 0.3) is 10.2 Å². The minimum absolute atomic E-state index is 0.0548. The van der Waals surface area contributed by atoms with Gasteiger partial charge in [0, 0.05) is 32.3 Å². The summed E-state index contributed by atoms with van der Waals surface area (Å²) in [7, 11) is 0.395. The van der Waals surface area contributed by atoms with Crippen LogP contribution >= 0.6 is 0 Å². The van der Waals surface area contributed by atoms with Gasteiger partial charge in [0.15, 0.2) is 0 Å². The topological polar surface area (TPSA) is 72.9 Å². The average molecular weight is 279 g/mol. The maximum absolute atomic E-state index is 12.2. The van der Waals surface area contributed by atoms with Crippen LogP contribution in [0.4, 0.5) is 0 Å². The fourth-order valence-electron chi connectivity index (χ4n) is 2.31. The van der Waals surface area contributed by atoms with Gasteiger partial charge in [-0.2, -0.15) is 17.4 Å². The van der Waals surface area contributed by atoms with Crippen molar-refractivity contribution in [1.82, 2.24) is 13.9 Å². The standard InChI is InChI=1S/C11H25N3O3S/c1-10(7-13(2)3)12-18(16,17)14-6-4-5-11(8-14)9-15/h10-12,15H,4-9H2,1-3H3. The molecule has 0 spiro atoms. The van der Waals surface area contributed by atoms with Crippen LogP contribution < -0.4 is 4.72 Å². The number of likely N-dealkylation sites (N-methyl/N-ethyl adjacent to an activating group) is 1. The van der Waals surface area contributed by atoms with Gasteiger partial charge in [0.05, 0.1) is 0 Å². The molecule has 108 valence electrons. The Balaban J connectivity index is 2.57. The van der Waals surface area contributed by atoms with E-state index < -0.39 is 10.2 Å². The monoisotopic (exact) mass is 279 g/mol. The molecule has 1 saturated heterocycles. The Labute approximate surface area is 110 Å². The fraction of sp³-hybridized carbons (Fsp3) is 1.00. The maximum Gasteiger partial charge on any atom is 0.279 e. The second-order valence-electron chi connectivity index (χ2n) is 5.34. The number of rotatable bonds is 6. The normalized spacial score (nSPS) is 24.4. The number of aliphatic hydroxyl groups excluding tert-OH is 1. The Morgan fingerprint density at radius 3 is 2.72 bits per heavy atom. The highest BCUT2D eigenvalue weighted by Crippen LogP contribution is 2.18. The molecule has 0 aromatic carbocycles. The molecular formula is C11H25N3O3S. The molecule has 1 aliphatic heterocycles. The van der Waals surface area contributed by atoms with E-state index in [-0.39, 0.29) is 18.6 Å². The van der Waals surface area contributed by atoms with Gasteiger partial charge in [-0.1, -0.05) is 0 Å². The molecule has 1 fully saturated rings. The molecule has 1 rings (SSSR count). The Kier molecular flexibility index (Phi) is 6.00. The molecule has 2 atom stereocenters. The Hall–Kier alpha value is -0.210. The summed E-state index contributed by atoms with van der Waals surface area (Å²) in [5.74, 6) is 0.0690. The average Bonchev–Trinajstić information content (AvgIpc) is 2.27. The summed E-state index contributed by atoms with van der Waals surface area (Å²) in [6, 6.07) is -0.125. The van der Waals surface area contributed by atoms with Crippen LogP contribution in [0.25, 0.3) is 0 Å². The van der Waals surface area contributed by atoms with E-state index in [0.717, 1.165) is 12.8 Å². The van der Waals surface area contributed by atoms with Crippen LogP contribution in [0.3, 0.4) is 0 Å². The van der Waals surface area contributed by atoms with Crippen LogP contribution in [0.15, 0.2) is 0 Å². The van der Waals surface area contributed by atoms with Gasteiger partial charge >= 0.3 is 0 Å². The molecule has 2 N–H and O–H groups in total. The molecule has 1 heterocycles. The second kappa shape index (κ2) is 6.81. The van der Waals surface area contributed by atoms with E-state index >= 15 is 0 Å². The molecule has 0 aliphatic carbocycles. The summed E-state index contributed by atoms with van der Waals surface area (Å²) < 4.78 is 28.4. The summed E-state index contributed by atoms with van der Waals surface area (Å²) in [5.41, 5.74) is 0. The smallest absolute Gasteiger partial charge is 0.279 e. The van der Waals surface area contributed by atoms with E-state index in [1.807, 2.05) is 25.9 Å². The van der Waals surface area contributed by atoms with Crippen LogP contribution in [0.5, 0.6) is 0 Å². The SMILES string of the molecule is CC(CN(C)C)NS(=O)(=O)N1CCCC(CO)C1. The Bertz CT molecular complexity index is 345. The van der Waals surface area contributed by atoms with Crippen molar-refractivity contribution in [1.29, 1.82) is 0 Å². The lowest BCUT2D eigenvalue weighted by atomic mass is 10.0. The zero-order valence-electron chi connectivity index (χ0n) is 11.5. The summed E-state index contributed by atoms with van der Waals surface area (Å²) in [4.78, 5) is 1.94. The zero-order chi connectivity index (χ0) is 13.8. The molecule has 6 nitrogen and oxygen atoms in total. The van der Waals surface area contributed by atoms with Crippen LogP contribution in [0.2, 0.25) is 0 Å². The van der Waals surface area contributed by atoms with Gasteiger partial charge in [-0.3, -0.25) is 0 Å². The minimum Gasteiger partial charge on any atom is -0.396 e.